The normalized spacial score (nSPS) is 24.4. The van der Waals surface area contributed by atoms with Gasteiger partial charge >= 0.3 is 0 Å². The lowest BCUT2D eigenvalue weighted by atomic mass is 9.99. The highest BCUT2D eigenvalue weighted by Gasteiger charge is 2.44. The van der Waals surface area contributed by atoms with Crippen molar-refractivity contribution in [3.05, 3.63) is 59.9 Å². The molecule has 5 atom stereocenters. The van der Waals surface area contributed by atoms with Crippen LogP contribution in [-0.4, -0.2) is 76.9 Å². The van der Waals surface area contributed by atoms with Crippen molar-refractivity contribution < 1.29 is 39.1 Å². The lowest BCUT2D eigenvalue weighted by Crippen LogP contribution is -2.60. The number of aliphatic hydroxyl groups is 4. The maximum atomic E-state index is 10.4. The van der Waals surface area contributed by atoms with Gasteiger partial charge < -0.3 is 44.4 Å². The van der Waals surface area contributed by atoms with Crippen LogP contribution in [0.2, 0.25) is 0 Å². The zero-order chi connectivity index (χ0) is 25.7. The molecule has 0 bridgehead atoms. The third-order valence-electron chi connectivity index (χ3n) is 6.26. The lowest BCUT2D eigenvalue weighted by molar-refractivity contribution is -0.277. The molecule has 0 unspecified atom stereocenters. The largest absolute Gasteiger partial charge is 0.492 e. The Morgan fingerprint density at radius 2 is 1.75 bits per heavy atom. The van der Waals surface area contributed by atoms with Crippen LogP contribution < -0.4 is 14.8 Å². The van der Waals surface area contributed by atoms with Crippen LogP contribution in [0.15, 0.2) is 53.1 Å². The van der Waals surface area contributed by atoms with Crippen LogP contribution in [0.5, 0.6) is 11.5 Å². The summed E-state index contributed by atoms with van der Waals surface area (Å²) in [7, 11) is 0. The Kier molecular flexibility index (Phi) is 8.84. The minimum Gasteiger partial charge on any atom is -0.492 e. The maximum Gasteiger partial charge on any atom is 0.229 e. The molecule has 196 valence electrons. The van der Waals surface area contributed by atoms with E-state index in [9.17, 15) is 20.4 Å². The molecule has 0 aliphatic carbocycles. The molecule has 0 spiro atoms. The lowest BCUT2D eigenvalue weighted by Gasteiger charge is -2.39. The van der Waals surface area contributed by atoms with E-state index in [4.69, 9.17) is 18.6 Å². The van der Waals surface area contributed by atoms with Crippen molar-refractivity contribution in [3.63, 3.8) is 0 Å². The summed E-state index contributed by atoms with van der Waals surface area (Å²) in [5.74, 6) is 1.24. The summed E-state index contributed by atoms with van der Waals surface area (Å²) in [6.07, 6.45) is -3.63. The Bertz CT molecular complexity index is 1100. The summed E-state index contributed by atoms with van der Waals surface area (Å²) in [5.41, 5.74) is 2.68. The van der Waals surface area contributed by atoms with E-state index in [0.717, 1.165) is 35.2 Å². The summed E-state index contributed by atoms with van der Waals surface area (Å²) >= 11 is 0. The molecule has 2 heterocycles. The highest BCUT2D eigenvalue weighted by molar-refractivity contribution is 5.87. The molecule has 1 saturated heterocycles. The van der Waals surface area contributed by atoms with E-state index in [1.165, 1.54) is 0 Å². The van der Waals surface area contributed by atoms with Crippen LogP contribution in [0, 0.1) is 0 Å². The van der Waals surface area contributed by atoms with E-state index >= 15 is 0 Å². The summed E-state index contributed by atoms with van der Waals surface area (Å²) in [4.78, 5) is 0. The SMILES string of the molecule is CC(C)NCCOc1ccc(CCc2coc3cccc(O[C@@H]4O[C@H](CO)[C@@H](O)[C@H](O)[C@H]4O)c23)cc1. The number of ether oxygens (including phenoxy) is 3. The quantitative estimate of drug-likeness (QED) is 0.249. The first-order valence-corrected chi connectivity index (χ1v) is 12.3. The molecule has 0 radical (unpaired) electrons. The Morgan fingerprint density at radius 1 is 0.972 bits per heavy atom. The number of furan rings is 1. The molecule has 3 aromatic rings. The van der Waals surface area contributed by atoms with Gasteiger partial charge in [-0.25, -0.2) is 0 Å². The Labute approximate surface area is 210 Å². The van der Waals surface area contributed by atoms with Crippen LogP contribution in [0.1, 0.15) is 25.0 Å². The van der Waals surface area contributed by atoms with Crippen molar-refractivity contribution in [1.82, 2.24) is 5.32 Å². The molecule has 36 heavy (non-hydrogen) atoms. The van der Waals surface area contributed by atoms with Gasteiger partial charge in [0.2, 0.25) is 6.29 Å². The van der Waals surface area contributed by atoms with Gasteiger partial charge in [0, 0.05) is 18.2 Å². The predicted octanol–water partition coefficient (Wildman–Crippen LogP) is 1.77. The Morgan fingerprint density at radius 3 is 2.47 bits per heavy atom. The fourth-order valence-corrected chi connectivity index (χ4v) is 4.24. The van der Waals surface area contributed by atoms with Crippen molar-refractivity contribution >= 4 is 11.0 Å². The van der Waals surface area contributed by atoms with Gasteiger partial charge in [-0.05, 0) is 42.7 Å². The summed E-state index contributed by atoms with van der Waals surface area (Å²) in [5, 5.41) is 44.0. The van der Waals surface area contributed by atoms with E-state index in [0.29, 0.717) is 30.4 Å². The number of aryl methyl sites for hydroxylation is 2. The van der Waals surface area contributed by atoms with Gasteiger partial charge in [-0.15, -0.1) is 0 Å². The molecular weight excluding hydrogens is 466 g/mol. The smallest absolute Gasteiger partial charge is 0.229 e. The van der Waals surface area contributed by atoms with Crippen LogP contribution in [0.3, 0.4) is 0 Å². The number of nitrogens with one attached hydrogen (secondary N) is 1. The zero-order valence-electron chi connectivity index (χ0n) is 20.5. The monoisotopic (exact) mass is 501 g/mol. The number of benzene rings is 2. The van der Waals surface area contributed by atoms with Crippen molar-refractivity contribution in [2.45, 2.75) is 63.4 Å². The topological polar surface area (TPSA) is 134 Å². The third-order valence-corrected chi connectivity index (χ3v) is 6.26. The molecular formula is C27H35NO8. The first-order valence-electron chi connectivity index (χ1n) is 12.3. The number of hydrogen-bond donors (Lipinski definition) is 5. The van der Waals surface area contributed by atoms with Gasteiger partial charge in [-0.2, -0.15) is 0 Å². The van der Waals surface area contributed by atoms with Crippen molar-refractivity contribution in [3.8, 4) is 11.5 Å². The average molecular weight is 502 g/mol. The Balaban J connectivity index is 1.42. The third kappa shape index (κ3) is 6.18. The average Bonchev–Trinajstić information content (AvgIpc) is 3.30. The number of rotatable bonds is 11. The summed E-state index contributed by atoms with van der Waals surface area (Å²) in [6.45, 7) is 5.08. The molecule has 1 aliphatic rings. The van der Waals surface area contributed by atoms with Gasteiger partial charge in [-0.1, -0.05) is 32.0 Å². The second kappa shape index (κ2) is 12.1. The molecule has 2 aromatic carbocycles. The fraction of sp³-hybridized carbons (Fsp3) is 0.481. The van der Waals surface area contributed by atoms with Crippen molar-refractivity contribution in [1.29, 1.82) is 0 Å². The van der Waals surface area contributed by atoms with Crippen molar-refractivity contribution in [2.24, 2.45) is 0 Å². The van der Waals surface area contributed by atoms with Crippen LogP contribution in [0.4, 0.5) is 0 Å². The minimum absolute atomic E-state index is 0.416. The van der Waals surface area contributed by atoms with E-state index in [-0.39, 0.29) is 0 Å². The first-order chi connectivity index (χ1) is 17.4. The molecule has 4 rings (SSSR count). The highest BCUT2D eigenvalue weighted by Crippen LogP contribution is 2.34. The fourth-order valence-electron chi connectivity index (χ4n) is 4.24. The summed E-state index contributed by atoms with van der Waals surface area (Å²) in [6, 6.07) is 13.7. The molecule has 5 N–H and O–H groups in total. The molecule has 9 nitrogen and oxygen atoms in total. The molecule has 9 heteroatoms. The predicted molar refractivity (Wildman–Crippen MR) is 133 cm³/mol. The second-order valence-electron chi connectivity index (χ2n) is 9.31. The van der Waals surface area contributed by atoms with Gasteiger partial charge in [-0.3, -0.25) is 0 Å². The van der Waals surface area contributed by atoms with Crippen LogP contribution in [-0.2, 0) is 17.6 Å². The first kappa shape index (κ1) is 26.4. The molecule has 0 saturated carbocycles. The van der Waals surface area contributed by atoms with E-state index in [1.54, 1.807) is 18.4 Å². The van der Waals surface area contributed by atoms with Crippen LogP contribution >= 0.6 is 0 Å². The van der Waals surface area contributed by atoms with Gasteiger partial charge in [0.15, 0.2) is 0 Å². The van der Waals surface area contributed by atoms with Gasteiger partial charge in [0.05, 0.1) is 18.3 Å². The minimum atomic E-state index is -1.51. The molecule has 0 amide bonds. The van der Waals surface area contributed by atoms with Gasteiger partial charge in [0.25, 0.3) is 0 Å². The second-order valence-corrected chi connectivity index (χ2v) is 9.31. The maximum absolute atomic E-state index is 10.4. The van der Waals surface area contributed by atoms with Crippen molar-refractivity contribution in [2.75, 3.05) is 19.8 Å². The standard InChI is InChI=1S/C27H35NO8/c1-16(2)28-12-13-33-19-10-7-17(8-11-19)6-9-18-15-34-20-4-3-5-21(23(18)20)35-27-26(32)25(31)24(30)22(14-29)36-27/h3-5,7-8,10-11,15-16,22,24-32H,6,9,12-14H2,1-2H3/t22-,24-,25+,26-,27-/m1/s1. The zero-order valence-corrected chi connectivity index (χ0v) is 20.5. The highest BCUT2D eigenvalue weighted by atomic mass is 16.7. The summed E-state index contributed by atoms with van der Waals surface area (Å²) < 4.78 is 22.9. The van der Waals surface area contributed by atoms with E-state index in [1.807, 2.05) is 30.3 Å². The molecule has 1 aliphatic heterocycles. The number of hydrogen-bond acceptors (Lipinski definition) is 9. The number of aliphatic hydroxyl groups excluding tert-OH is 4. The Hall–Kier alpha value is -2.66. The van der Waals surface area contributed by atoms with E-state index in [2.05, 4.69) is 19.2 Å². The van der Waals surface area contributed by atoms with E-state index < -0.39 is 37.3 Å². The molecule has 1 aromatic heterocycles. The van der Waals surface area contributed by atoms with Crippen LogP contribution in [0.25, 0.3) is 11.0 Å². The molecule has 1 fully saturated rings. The van der Waals surface area contributed by atoms with Gasteiger partial charge in [0.1, 0.15) is 48.1 Å². The number of fused-ring (bicyclic) bond motifs is 1.